The first-order chi connectivity index (χ1) is 36.1. The maximum absolute atomic E-state index is 13.1. The zero-order valence-corrected chi connectivity index (χ0v) is 46.3. The third-order valence-electron chi connectivity index (χ3n) is 14.1. The Morgan fingerprint density at radius 1 is 0.459 bits per heavy atom. The van der Waals surface area contributed by atoms with E-state index in [-0.39, 0.29) is 19.6 Å². The van der Waals surface area contributed by atoms with Crippen LogP contribution in [0.1, 0.15) is 226 Å². The minimum absolute atomic E-state index is 0.0531. The molecule has 0 aromatic heterocycles. The summed E-state index contributed by atoms with van der Waals surface area (Å²) in [4.78, 5) is 13.1. The lowest BCUT2D eigenvalue weighted by Gasteiger charge is -2.42. The van der Waals surface area contributed by atoms with Crippen LogP contribution in [0.3, 0.4) is 0 Å². The predicted molar refractivity (Wildman–Crippen MR) is 293 cm³/mol. The lowest BCUT2D eigenvalue weighted by molar-refractivity contribution is -0.332. The first-order valence-corrected chi connectivity index (χ1v) is 29.7. The molecule has 11 atom stereocenters. The number of allylic oxidation sites excluding steroid dienone is 8. The molecule has 0 radical (unpaired) electrons. The molecule has 0 aliphatic carbocycles. The van der Waals surface area contributed by atoms with Crippen LogP contribution < -0.4 is 0 Å². The van der Waals surface area contributed by atoms with Crippen molar-refractivity contribution >= 4 is 5.97 Å². The molecule has 74 heavy (non-hydrogen) atoms. The number of hydrogen-bond acceptors (Lipinski definition) is 14. The maximum atomic E-state index is 13.1. The van der Waals surface area contributed by atoms with Crippen LogP contribution >= 0.6 is 0 Å². The molecular formula is C60H108O14. The number of aliphatic hydroxyl groups is 7. The second-order valence-electron chi connectivity index (χ2n) is 20.8. The van der Waals surface area contributed by atoms with Gasteiger partial charge in [-0.2, -0.15) is 0 Å². The Hall–Kier alpha value is -2.05. The molecule has 2 rings (SSSR count). The van der Waals surface area contributed by atoms with E-state index in [9.17, 15) is 40.5 Å². The van der Waals surface area contributed by atoms with E-state index in [1.165, 1.54) is 128 Å². The molecule has 0 aromatic rings. The second kappa shape index (κ2) is 47.0. The van der Waals surface area contributed by atoms with E-state index in [2.05, 4.69) is 62.5 Å². The fraction of sp³-hybridized carbons (Fsp3) is 0.850. The number of carbonyl (C=O) groups is 1. The van der Waals surface area contributed by atoms with Crippen LogP contribution in [0.25, 0.3) is 0 Å². The number of esters is 1. The summed E-state index contributed by atoms with van der Waals surface area (Å²) in [5.74, 6) is -0.396. The number of unbranched alkanes of at least 4 members (excludes halogenated alkanes) is 26. The maximum Gasteiger partial charge on any atom is 0.306 e. The van der Waals surface area contributed by atoms with Gasteiger partial charge < -0.3 is 64.2 Å². The predicted octanol–water partition coefficient (Wildman–Crippen LogP) is 10.7. The number of hydrogen-bond donors (Lipinski definition) is 7. The van der Waals surface area contributed by atoms with Crippen molar-refractivity contribution in [1.82, 2.24) is 0 Å². The van der Waals surface area contributed by atoms with Crippen molar-refractivity contribution in [3.8, 4) is 0 Å². The normalized spacial score (nSPS) is 25.1. The van der Waals surface area contributed by atoms with Crippen molar-refractivity contribution in [3.05, 3.63) is 48.6 Å². The number of carbonyl (C=O) groups excluding carboxylic acids is 1. The Kier molecular flexibility index (Phi) is 43.2. The Morgan fingerprint density at radius 2 is 0.878 bits per heavy atom. The highest BCUT2D eigenvalue weighted by Crippen LogP contribution is 2.27. The van der Waals surface area contributed by atoms with Gasteiger partial charge in [0.1, 0.15) is 54.9 Å². The first kappa shape index (κ1) is 68.1. The summed E-state index contributed by atoms with van der Waals surface area (Å²) in [6.07, 6.45) is 40.4. The van der Waals surface area contributed by atoms with Crippen molar-refractivity contribution in [2.24, 2.45) is 0 Å². The zero-order valence-electron chi connectivity index (χ0n) is 46.3. The summed E-state index contributed by atoms with van der Waals surface area (Å²) in [6, 6.07) is 0. The Morgan fingerprint density at radius 3 is 1.38 bits per heavy atom. The van der Waals surface area contributed by atoms with Crippen LogP contribution in [0.5, 0.6) is 0 Å². The lowest BCUT2D eigenvalue weighted by Crippen LogP contribution is -2.61. The van der Waals surface area contributed by atoms with Gasteiger partial charge in [0.25, 0.3) is 0 Å². The number of ether oxygens (including phenoxy) is 6. The molecule has 2 heterocycles. The van der Waals surface area contributed by atoms with E-state index < -0.39 is 86.7 Å². The highest BCUT2D eigenvalue weighted by molar-refractivity contribution is 5.69. The van der Waals surface area contributed by atoms with Crippen LogP contribution in [0, 0.1) is 0 Å². The molecule has 2 saturated heterocycles. The largest absolute Gasteiger partial charge is 0.457 e. The van der Waals surface area contributed by atoms with Gasteiger partial charge >= 0.3 is 5.97 Å². The third-order valence-corrected chi connectivity index (χ3v) is 14.1. The quantitative estimate of drug-likeness (QED) is 0.0172. The zero-order chi connectivity index (χ0) is 53.7. The highest BCUT2D eigenvalue weighted by atomic mass is 16.7. The Balaban J connectivity index is 1.70. The smallest absolute Gasteiger partial charge is 0.306 e. The van der Waals surface area contributed by atoms with Gasteiger partial charge in [0.15, 0.2) is 12.6 Å². The van der Waals surface area contributed by atoms with Crippen LogP contribution in [-0.2, 0) is 33.2 Å². The van der Waals surface area contributed by atoms with E-state index in [1.807, 2.05) is 0 Å². The van der Waals surface area contributed by atoms with Gasteiger partial charge in [-0.25, -0.2) is 0 Å². The van der Waals surface area contributed by atoms with Crippen LogP contribution in [0.15, 0.2) is 48.6 Å². The second-order valence-corrected chi connectivity index (χ2v) is 20.8. The Bertz CT molecular complexity index is 1410. The van der Waals surface area contributed by atoms with Crippen LogP contribution in [0.4, 0.5) is 0 Å². The topological polar surface area (TPSA) is 214 Å². The average molecular weight is 1050 g/mol. The SMILES string of the molecule is CC/C=C\C/C=C\C/C=C\C/C=C\CCCCCCC(=O)OC(COCCCCCCCCCCCCCCCCCCCCCCCCC)COC1OC(COC2OC(CO)C(O)C(O)C2O)C(O)C(O)C1O. The minimum atomic E-state index is -1.71. The lowest BCUT2D eigenvalue weighted by atomic mass is 9.98. The molecule has 0 aromatic carbocycles. The van der Waals surface area contributed by atoms with E-state index in [0.717, 1.165) is 70.6 Å². The van der Waals surface area contributed by atoms with Gasteiger partial charge in [0.2, 0.25) is 0 Å². The molecule has 2 aliphatic heterocycles. The molecule has 7 N–H and O–H groups in total. The molecule has 14 heteroatoms. The Labute approximate surface area is 448 Å². The van der Waals surface area contributed by atoms with Crippen molar-refractivity contribution in [2.45, 2.75) is 293 Å². The average Bonchev–Trinajstić information content (AvgIpc) is 3.40. The molecular weight excluding hydrogens is 945 g/mol. The first-order valence-electron chi connectivity index (χ1n) is 29.7. The van der Waals surface area contributed by atoms with Crippen LogP contribution in [-0.4, -0.2) is 142 Å². The van der Waals surface area contributed by atoms with Gasteiger partial charge in [0.05, 0.1) is 26.4 Å². The van der Waals surface area contributed by atoms with Gasteiger partial charge in [-0.05, 0) is 51.4 Å². The van der Waals surface area contributed by atoms with Crippen molar-refractivity contribution in [1.29, 1.82) is 0 Å². The molecule has 0 spiro atoms. The van der Waals surface area contributed by atoms with E-state index in [1.54, 1.807) is 0 Å². The molecule has 2 fully saturated rings. The fourth-order valence-corrected chi connectivity index (χ4v) is 9.34. The van der Waals surface area contributed by atoms with E-state index >= 15 is 0 Å². The van der Waals surface area contributed by atoms with Crippen molar-refractivity contribution in [3.63, 3.8) is 0 Å². The van der Waals surface area contributed by atoms with Crippen LogP contribution in [0.2, 0.25) is 0 Å². The number of rotatable bonds is 48. The monoisotopic (exact) mass is 1050 g/mol. The van der Waals surface area contributed by atoms with Gasteiger partial charge in [-0.3, -0.25) is 4.79 Å². The number of aliphatic hydroxyl groups excluding tert-OH is 7. The van der Waals surface area contributed by atoms with Crippen molar-refractivity contribution in [2.75, 3.05) is 33.0 Å². The van der Waals surface area contributed by atoms with E-state index in [0.29, 0.717) is 13.0 Å². The third kappa shape index (κ3) is 33.3. The molecule has 14 nitrogen and oxygen atoms in total. The summed E-state index contributed by atoms with van der Waals surface area (Å²) in [5.41, 5.74) is 0. The molecule has 0 amide bonds. The van der Waals surface area contributed by atoms with Gasteiger partial charge in [0, 0.05) is 13.0 Å². The van der Waals surface area contributed by atoms with Crippen molar-refractivity contribution < 1.29 is 69.0 Å². The summed E-state index contributed by atoms with van der Waals surface area (Å²) < 4.78 is 34.4. The fourth-order valence-electron chi connectivity index (χ4n) is 9.34. The van der Waals surface area contributed by atoms with Gasteiger partial charge in [-0.1, -0.05) is 217 Å². The standard InChI is InChI=1S/C60H108O14/c1-3-5-7-9-11-13-15-17-19-21-22-23-24-25-26-28-30-32-34-36-38-40-42-44-69-46-49(72-52(62)43-41-39-37-35-33-31-29-27-20-18-16-14-12-10-8-6-4-2)47-70-59-58(68)56(66)54(64)51(74-59)48-71-60-57(67)55(65)53(63)50(45-61)73-60/h6,8,12,14,18,20,29,31,49-51,53-61,63-68H,3-5,7,9-11,13,15-17,19,21-28,30,32-48H2,1-2H3/b8-6-,14-12-,20-18-,31-29-. The molecule has 0 saturated carbocycles. The van der Waals surface area contributed by atoms with Gasteiger partial charge in [-0.15, -0.1) is 0 Å². The summed E-state index contributed by atoms with van der Waals surface area (Å²) in [7, 11) is 0. The summed E-state index contributed by atoms with van der Waals surface area (Å²) in [5, 5.41) is 72.3. The molecule has 432 valence electrons. The highest BCUT2D eigenvalue weighted by Gasteiger charge is 2.47. The molecule has 0 bridgehead atoms. The van der Waals surface area contributed by atoms with E-state index in [4.69, 9.17) is 28.4 Å². The minimum Gasteiger partial charge on any atom is -0.457 e. The summed E-state index contributed by atoms with van der Waals surface area (Å²) in [6.45, 7) is 3.58. The summed E-state index contributed by atoms with van der Waals surface area (Å²) >= 11 is 0. The molecule has 2 aliphatic rings. The molecule has 11 unspecified atom stereocenters.